The molecule has 0 saturated carbocycles. The number of likely N-dealkylation sites (tertiary alicyclic amines) is 1. The second kappa shape index (κ2) is 8.73. The van der Waals surface area contributed by atoms with Crippen molar-refractivity contribution >= 4 is 35.6 Å². The second-order valence-corrected chi connectivity index (χ2v) is 6.41. The summed E-state index contributed by atoms with van der Waals surface area (Å²) in [5.74, 6) is 0.566. The van der Waals surface area contributed by atoms with Gasteiger partial charge in [0.1, 0.15) is 0 Å². The molecule has 0 bridgehead atoms. The first-order chi connectivity index (χ1) is 9.95. The molecule has 0 spiro atoms. The average Bonchev–Trinajstić information content (AvgIpc) is 2.42. The number of benzene rings is 1. The molecule has 22 heavy (non-hydrogen) atoms. The first-order valence-corrected chi connectivity index (χ1v) is 7.87. The van der Waals surface area contributed by atoms with E-state index in [1.54, 1.807) is 0 Å². The Hall–Kier alpha value is -0.810. The number of aryl methyl sites for hydroxylation is 1. The van der Waals surface area contributed by atoms with Gasteiger partial charge in [0.15, 0.2) is 0 Å². The van der Waals surface area contributed by atoms with Crippen LogP contribution in [0.2, 0.25) is 5.02 Å². The monoisotopic (exact) mass is 345 g/mol. The number of nitrogens with one attached hydrogen (secondary N) is 1. The van der Waals surface area contributed by atoms with Crippen molar-refractivity contribution in [1.29, 1.82) is 0 Å². The summed E-state index contributed by atoms with van der Waals surface area (Å²) >= 11 is 6.13. The highest BCUT2D eigenvalue weighted by atomic mass is 35.5. The van der Waals surface area contributed by atoms with E-state index in [0.29, 0.717) is 23.2 Å². The number of carbonyl (C=O) groups excluding carboxylic acids is 1. The molecule has 1 aromatic rings. The van der Waals surface area contributed by atoms with Crippen LogP contribution >= 0.6 is 24.0 Å². The number of nitrogens with two attached hydrogens (primary N) is 1. The molecule has 1 aromatic carbocycles. The molecule has 2 rings (SSSR count). The first kappa shape index (κ1) is 19.2. The minimum absolute atomic E-state index is 0. The summed E-state index contributed by atoms with van der Waals surface area (Å²) in [7, 11) is 0. The highest BCUT2D eigenvalue weighted by molar-refractivity contribution is 6.33. The van der Waals surface area contributed by atoms with Crippen molar-refractivity contribution in [3.63, 3.8) is 0 Å². The maximum absolute atomic E-state index is 12.1. The number of hydrogen-bond donors (Lipinski definition) is 2. The number of rotatable bonds is 4. The molecule has 1 amide bonds. The van der Waals surface area contributed by atoms with Gasteiger partial charge in [-0.2, -0.15) is 0 Å². The number of halogens is 2. The van der Waals surface area contributed by atoms with E-state index in [4.69, 9.17) is 17.3 Å². The van der Waals surface area contributed by atoms with Crippen LogP contribution in [-0.2, 0) is 4.79 Å². The smallest absolute Gasteiger partial charge is 0.238 e. The van der Waals surface area contributed by atoms with Crippen LogP contribution in [0, 0.1) is 12.8 Å². The summed E-state index contributed by atoms with van der Waals surface area (Å²) in [6, 6.07) is 5.88. The highest BCUT2D eigenvalue weighted by Gasteiger charge is 2.23. The van der Waals surface area contributed by atoms with Gasteiger partial charge >= 0.3 is 0 Å². The lowest BCUT2D eigenvalue weighted by Gasteiger charge is -2.33. The number of piperidine rings is 1. The normalized spacial score (nSPS) is 17.6. The van der Waals surface area contributed by atoms with Gasteiger partial charge in [0, 0.05) is 6.04 Å². The van der Waals surface area contributed by atoms with Crippen molar-refractivity contribution in [2.45, 2.75) is 32.7 Å². The number of nitrogens with zero attached hydrogens (tertiary/aromatic N) is 1. The van der Waals surface area contributed by atoms with Crippen LogP contribution < -0.4 is 11.1 Å². The van der Waals surface area contributed by atoms with Crippen LogP contribution in [0.25, 0.3) is 0 Å². The Morgan fingerprint density at radius 3 is 2.64 bits per heavy atom. The molecule has 124 valence electrons. The maximum atomic E-state index is 12.1. The van der Waals surface area contributed by atoms with Crippen LogP contribution in [-0.4, -0.2) is 36.5 Å². The van der Waals surface area contributed by atoms with Crippen molar-refractivity contribution in [3.8, 4) is 0 Å². The Labute approximate surface area is 143 Å². The summed E-state index contributed by atoms with van der Waals surface area (Å²) in [5.41, 5.74) is 7.69. The molecule has 1 aliphatic rings. The van der Waals surface area contributed by atoms with Gasteiger partial charge in [-0.05, 0) is 63.4 Å². The zero-order valence-corrected chi connectivity index (χ0v) is 14.7. The van der Waals surface area contributed by atoms with Crippen molar-refractivity contribution in [2.75, 3.05) is 25.0 Å². The molecule has 4 nitrogen and oxygen atoms in total. The van der Waals surface area contributed by atoms with E-state index in [1.807, 2.05) is 25.1 Å². The van der Waals surface area contributed by atoms with Gasteiger partial charge in [-0.3, -0.25) is 9.69 Å². The predicted molar refractivity (Wildman–Crippen MR) is 94.9 cm³/mol. The third-order valence-electron chi connectivity index (χ3n) is 4.14. The summed E-state index contributed by atoms with van der Waals surface area (Å²) in [6.07, 6.45) is 2.13. The van der Waals surface area contributed by atoms with Crippen LogP contribution in [0.15, 0.2) is 18.2 Å². The molecule has 1 aliphatic heterocycles. The fraction of sp³-hybridized carbons (Fsp3) is 0.562. The molecule has 1 saturated heterocycles. The van der Waals surface area contributed by atoms with Crippen LogP contribution in [0.4, 0.5) is 5.69 Å². The van der Waals surface area contributed by atoms with Crippen LogP contribution in [0.1, 0.15) is 25.3 Å². The van der Waals surface area contributed by atoms with E-state index in [0.717, 1.165) is 31.5 Å². The van der Waals surface area contributed by atoms with E-state index >= 15 is 0 Å². The van der Waals surface area contributed by atoms with Gasteiger partial charge in [-0.1, -0.05) is 17.7 Å². The van der Waals surface area contributed by atoms with E-state index in [2.05, 4.69) is 17.1 Å². The Morgan fingerprint density at radius 1 is 1.45 bits per heavy atom. The Balaban J connectivity index is 0.00000242. The van der Waals surface area contributed by atoms with Gasteiger partial charge < -0.3 is 11.1 Å². The third-order valence-corrected chi connectivity index (χ3v) is 4.45. The van der Waals surface area contributed by atoms with Gasteiger partial charge in [-0.15, -0.1) is 12.4 Å². The minimum atomic E-state index is -0.0139. The summed E-state index contributed by atoms with van der Waals surface area (Å²) in [5, 5.41) is 3.46. The molecule has 1 atom stereocenters. The van der Waals surface area contributed by atoms with E-state index in [-0.39, 0.29) is 24.4 Å². The highest BCUT2D eigenvalue weighted by Crippen LogP contribution is 2.23. The largest absolute Gasteiger partial charge is 0.328 e. The molecule has 0 radical (unpaired) electrons. The number of carbonyl (C=O) groups is 1. The molecule has 1 unspecified atom stereocenters. The third kappa shape index (κ3) is 5.43. The molecule has 6 heteroatoms. The van der Waals surface area contributed by atoms with E-state index in [9.17, 15) is 4.79 Å². The summed E-state index contributed by atoms with van der Waals surface area (Å²) in [4.78, 5) is 14.3. The van der Waals surface area contributed by atoms with Gasteiger partial charge in [0.05, 0.1) is 17.3 Å². The van der Waals surface area contributed by atoms with Crippen molar-refractivity contribution < 1.29 is 4.79 Å². The van der Waals surface area contributed by atoms with E-state index in [1.165, 1.54) is 0 Å². The van der Waals surface area contributed by atoms with E-state index < -0.39 is 0 Å². The van der Waals surface area contributed by atoms with Crippen molar-refractivity contribution in [2.24, 2.45) is 11.7 Å². The maximum Gasteiger partial charge on any atom is 0.238 e. The number of hydrogen-bond acceptors (Lipinski definition) is 3. The zero-order valence-electron chi connectivity index (χ0n) is 13.1. The summed E-state index contributed by atoms with van der Waals surface area (Å²) in [6.45, 7) is 6.31. The fourth-order valence-electron chi connectivity index (χ4n) is 2.75. The standard InChI is InChI=1S/C16H24ClN3O.ClH/c1-11-3-4-15(14(17)9-11)19-16(21)10-20-7-5-13(6-8-20)12(2)18;/h3-4,9,12-13H,5-8,10,18H2,1-2H3,(H,19,21);1H. The topological polar surface area (TPSA) is 58.4 Å². The van der Waals surface area contributed by atoms with Crippen molar-refractivity contribution in [3.05, 3.63) is 28.8 Å². The fourth-order valence-corrected chi connectivity index (χ4v) is 3.03. The van der Waals surface area contributed by atoms with Gasteiger partial charge in [-0.25, -0.2) is 0 Å². The number of amides is 1. The summed E-state index contributed by atoms with van der Waals surface area (Å²) < 4.78 is 0. The average molecular weight is 346 g/mol. The molecular formula is C16H25Cl2N3O. The lowest BCUT2D eigenvalue weighted by molar-refractivity contribution is -0.117. The Kier molecular flexibility index (Phi) is 7.63. The number of anilines is 1. The second-order valence-electron chi connectivity index (χ2n) is 6.00. The van der Waals surface area contributed by atoms with Crippen LogP contribution in [0.3, 0.4) is 0 Å². The molecular weight excluding hydrogens is 321 g/mol. The lowest BCUT2D eigenvalue weighted by Crippen LogP contribution is -2.42. The minimum Gasteiger partial charge on any atom is -0.328 e. The Bertz CT molecular complexity index is 500. The predicted octanol–water partition coefficient (Wildman–Crippen LogP) is 3.07. The SMILES string of the molecule is Cc1ccc(NC(=O)CN2CCC(C(C)N)CC2)c(Cl)c1.Cl. The van der Waals surface area contributed by atoms with Crippen molar-refractivity contribution in [1.82, 2.24) is 4.90 Å². The lowest BCUT2D eigenvalue weighted by atomic mass is 9.91. The molecule has 0 aliphatic carbocycles. The molecule has 1 heterocycles. The molecule has 0 aromatic heterocycles. The molecule has 1 fully saturated rings. The van der Waals surface area contributed by atoms with Crippen LogP contribution in [0.5, 0.6) is 0 Å². The van der Waals surface area contributed by atoms with Gasteiger partial charge in [0.2, 0.25) is 5.91 Å². The van der Waals surface area contributed by atoms with Gasteiger partial charge in [0.25, 0.3) is 0 Å². The Morgan fingerprint density at radius 2 is 2.09 bits per heavy atom. The molecule has 3 N–H and O–H groups in total. The first-order valence-electron chi connectivity index (χ1n) is 7.49. The quantitative estimate of drug-likeness (QED) is 0.881. The zero-order chi connectivity index (χ0) is 15.4.